The van der Waals surface area contributed by atoms with Crippen LogP contribution < -0.4 is 9.91 Å². The van der Waals surface area contributed by atoms with Crippen LogP contribution in [0.15, 0.2) is 59.7 Å². The van der Waals surface area contributed by atoms with Crippen molar-refractivity contribution in [3.05, 3.63) is 59.6 Å². The van der Waals surface area contributed by atoms with Crippen molar-refractivity contribution in [2.45, 2.75) is 13.0 Å². The van der Waals surface area contributed by atoms with Crippen molar-refractivity contribution in [1.82, 2.24) is 0 Å². The van der Waals surface area contributed by atoms with Crippen LogP contribution in [-0.4, -0.2) is 29.4 Å². The second-order valence-electron chi connectivity index (χ2n) is 6.14. The highest BCUT2D eigenvalue weighted by Crippen LogP contribution is 2.38. The summed E-state index contributed by atoms with van der Waals surface area (Å²) in [5, 5.41) is 6.19. The minimum atomic E-state index is -0.917. The predicted octanol–water partition coefficient (Wildman–Crippen LogP) is 2.66. The molecule has 2 aromatic carbocycles. The van der Waals surface area contributed by atoms with Gasteiger partial charge in [0, 0.05) is 11.9 Å². The maximum Gasteiger partial charge on any atom is 0.259 e. The van der Waals surface area contributed by atoms with Gasteiger partial charge in [-0.05, 0) is 30.3 Å². The molecule has 7 heteroatoms. The summed E-state index contributed by atoms with van der Waals surface area (Å²) in [6, 6.07) is 14.6. The minimum Gasteiger partial charge on any atom is -0.293 e. The zero-order valence-corrected chi connectivity index (χ0v) is 14.6. The summed E-state index contributed by atoms with van der Waals surface area (Å²) in [7, 11) is 0. The lowest BCUT2D eigenvalue weighted by Crippen LogP contribution is -2.39. The van der Waals surface area contributed by atoms with E-state index in [4.69, 9.17) is 11.6 Å². The molecule has 130 valence electrons. The van der Waals surface area contributed by atoms with E-state index in [1.807, 2.05) is 0 Å². The van der Waals surface area contributed by atoms with E-state index >= 15 is 0 Å². The molecule has 2 amide bonds. The molecule has 1 fully saturated rings. The Kier molecular flexibility index (Phi) is 3.85. The summed E-state index contributed by atoms with van der Waals surface area (Å²) in [5.74, 6) is -2.10. The van der Waals surface area contributed by atoms with Gasteiger partial charge in [0.25, 0.3) is 5.91 Å². The van der Waals surface area contributed by atoms with Crippen molar-refractivity contribution in [1.29, 1.82) is 0 Å². The van der Waals surface area contributed by atoms with E-state index < -0.39 is 23.8 Å². The van der Waals surface area contributed by atoms with Crippen LogP contribution >= 0.6 is 11.6 Å². The number of hydrazone groups is 1. The average Bonchev–Trinajstić information content (AvgIpc) is 3.13. The van der Waals surface area contributed by atoms with Gasteiger partial charge in [-0.3, -0.25) is 19.4 Å². The van der Waals surface area contributed by atoms with Crippen LogP contribution in [0.2, 0.25) is 5.02 Å². The van der Waals surface area contributed by atoms with Crippen LogP contribution in [0.25, 0.3) is 0 Å². The van der Waals surface area contributed by atoms with Crippen LogP contribution in [-0.2, 0) is 14.4 Å². The third kappa shape index (κ3) is 2.42. The van der Waals surface area contributed by atoms with Crippen LogP contribution in [0.5, 0.6) is 0 Å². The fourth-order valence-electron chi connectivity index (χ4n) is 3.37. The Labute approximate surface area is 154 Å². The number of fused-ring (bicyclic) bond motifs is 1. The Balaban J connectivity index is 1.82. The molecule has 0 unspecified atom stereocenters. The van der Waals surface area contributed by atoms with Gasteiger partial charge in [0.15, 0.2) is 5.78 Å². The normalized spacial score (nSPS) is 21.8. The molecule has 2 heterocycles. The lowest BCUT2D eigenvalue weighted by Gasteiger charge is -2.22. The Morgan fingerprint density at radius 3 is 2.35 bits per heavy atom. The molecule has 0 radical (unpaired) electrons. The topological polar surface area (TPSA) is 70.1 Å². The highest BCUT2D eigenvalue weighted by atomic mass is 35.5. The maximum atomic E-state index is 13.1. The summed E-state index contributed by atoms with van der Waals surface area (Å²) in [6.45, 7) is 1.35. The largest absolute Gasteiger partial charge is 0.293 e. The molecular weight excluding hydrogens is 354 g/mol. The smallest absolute Gasteiger partial charge is 0.259 e. The van der Waals surface area contributed by atoms with Gasteiger partial charge in [-0.25, -0.2) is 4.90 Å². The first kappa shape index (κ1) is 16.5. The van der Waals surface area contributed by atoms with E-state index in [2.05, 4.69) is 5.10 Å². The summed E-state index contributed by atoms with van der Waals surface area (Å²) < 4.78 is 0. The summed E-state index contributed by atoms with van der Waals surface area (Å²) in [5.41, 5.74) is 1.12. The molecule has 26 heavy (non-hydrogen) atoms. The quantitative estimate of drug-likeness (QED) is 0.782. The number of rotatable bonds is 3. The third-order valence-corrected chi connectivity index (χ3v) is 4.73. The van der Waals surface area contributed by atoms with Crippen LogP contribution in [0.1, 0.15) is 6.92 Å². The molecular formula is C19H14ClN3O3. The maximum absolute atomic E-state index is 13.1. The number of Topliss-reactive ketones (excluding diaryl/α,β-unsaturated/α-hetero) is 1. The molecule has 1 saturated heterocycles. The second kappa shape index (κ2) is 6.07. The molecule has 0 saturated carbocycles. The van der Waals surface area contributed by atoms with Gasteiger partial charge < -0.3 is 0 Å². The first-order chi connectivity index (χ1) is 12.5. The highest BCUT2D eigenvalue weighted by Gasteiger charge is 2.58. The molecule has 2 atom stereocenters. The number of benzene rings is 2. The van der Waals surface area contributed by atoms with E-state index in [1.165, 1.54) is 11.9 Å². The van der Waals surface area contributed by atoms with Crippen molar-refractivity contribution >= 4 is 46.3 Å². The third-order valence-electron chi connectivity index (χ3n) is 4.50. The van der Waals surface area contributed by atoms with Crippen molar-refractivity contribution in [2.24, 2.45) is 11.0 Å². The number of hydrogen-bond acceptors (Lipinski definition) is 5. The molecule has 0 bridgehead atoms. The molecule has 0 aromatic heterocycles. The molecule has 2 aromatic rings. The summed E-state index contributed by atoms with van der Waals surface area (Å²) in [6.07, 6.45) is 0. The average molecular weight is 368 g/mol. The number of carbonyl (C=O) groups excluding carboxylic acids is 3. The van der Waals surface area contributed by atoms with E-state index in [0.717, 1.165) is 4.90 Å². The van der Waals surface area contributed by atoms with E-state index in [9.17, 15) is 14.4 Å². The summed E-state index contributed by atoms with van der Waals surface area (Å²) in [4.78, 5) is 39.2. The zero-order chi connectivity index (χ0) is 18.4. The molecule has 2 aliphatic heterocycles. The van der Waals surface area contributed by atoms with Crippen LogP contribution in [0, 0.1) is 5.92 Å². The number of hydrogen-bond donors (Lipinski definition) is 0. The molecule has 0 spiro atoms. The highest BCUT2D eigenvalue weighted by molar-refractivity contribution is 6.48. The summed E-state index contributed by atoms with van der Waals surface area (Å²) >= 11 is 6.05. The monoisotopic (exact) mass is 367 g/mol. The van der Waals surface area contributed by atoms with Crippen molar-refractivity contribution < 1.29 is 14.4 Å². The van der Waals surface area contributed by atoms with Gasteiger partial charge in [-0.1, -0.05) is 35.9 Å². The van der Waals surface area contributed by atoms with Gasteiger partial charge in [-0.15, -0.1) is 0 Å². The molecule has 6 nitrogen and oxygen atoms in total. The Bertz CT molecular complexity index is 958. The molecule has 2 aliphatic rings. The number of para-hydroxylation sites is 1. The van der Waals surface area contributed by atoms with Gasteiger partial charge in [0.05, 0.1) is 11.4 Å². The molecule has 0 aliphatic carbocycles. The van der Waals surface area contributed by atoms with Gasteiger partial charge in [0.1, 0.15) is 17.7 Å². The minimum absolute atomic E-state index is 0.0896. The van der Waals surface area contributed by atoms with Crippen molar-refractivity contribution in [2.75, 3.05) is 9.91 Å². The standard InChI is InChI=1S/C19H14ClN3O3/c1-11(24)16-15-17(23(21-16)14-9-5-6-12(20)10-14)19(26)22(18(15)25)13-7-3-2-4-8-13/h2-10,15,17H,1H3/t15-,17-/m1/s1. The Morgan fingerprint density at radius 1 is 1.00 bits per heavy atom. The van der Waals surface area contributed by atoms with Crippen molar-refractivity contribution in [3.8, 4) is 0 Å². The number of anilines is 2. The second-order valence-corrected chi connectivity index (χ2v) is 6.57. The van der Waals surface area contributed by atoms with E-state index in [-0.39, 0.29) is 11.5 Å². The number of halogens is 1. The van der Waals surface area contributed by atoms with Crippen LogP contribution in [0.4, 0.5) is 11.4 Å². The Hall–Kier alpha value is -2.99. The number of amides is 2. The van der Waals surface area contributed by atoms with E-state index in [1.54, 1.807) is 54.6 Å². The molecule has 0 N–H and O–H groups in total. The lowest BCUT2D eigenvalue weighted by atomic mass is 9.95. The fourth-order valence-corrected chi connectivity index (χ4v) is 3.55. The number of nitrogens with zero attached hydrogens (tertiary/aromatic N) is 3. The zero-order valence-electron chi connectivity index (χ0n) is 13.8. The predicted molar refractivity (Wildman–Crippen MR) is 98.3 cm³/mol. The number of carbonyl (C=O) groups is 3. The first-order valence-corrected chi connectivity index (χ1v) is 8.44. The fraction of sp³-hybridized carbons (Fsp3) is 0.158. The SMILES string of the molecule is CC(=O)C1=NN(c2cccc(Cl)c2)[C@H]2C(=O)N(c3ccccc3)C(=O)[C@H]12. The van der Waals surface area contributed by atoms with Gasteiger partial charge in [0.2, 0.25) is 5.91 Å². The van der Waals surface area contributed by atoms with Gasteiger partial charge >= 0.3 is 0 Å². The van der Waals surface area contributed by atoms with Crippen molar-refractivity contribution in [3.63, 3.8) is 0 Å². The lowest BCUT2D eigenvalue weighted by molar-refractivity contribution is -0.122. The van der Waals surface area contributed by atoms with Gasteiger partial charge in [-0.2, -0.15) is 5.10 Å². The number of ketones is 1. The number of imide groups is 1. The van der Waals surface area contributed by atoms with Crippen LogP contribution in [0.3, 0.4) is 0 Å². The molecule has 4 rings (SSSR count). The van der Waals surface area contributed by atoms with E-state index in [0.29, 0.717) is 16.4 Å². The Morgan fingerprint density at radius 2 is 1.69 bits per heavy atom. The first-order valence-electron chi connectivity index (χ1n) is 8.06.